The predicted octanol–water partition coefficient (Wildman–Crippen LogP) is 1.60. The molecule has 1 aromatic rings. The van der Waals surface area contributed by atoms with Crippen molar-refractivity contribution < 1.29 is 14.3 Å². The molecular formula is C18H32Cl3N5O3. The minimum Gasteiger partial charge on any atom is -0.469 e. The molecule has 3 heterocycles. The van der Waals surface area contributed by atoms with E-state index in [0.717, 1.165) is 70.5 Å². The zero-order valence-electron chi connectivity index (χ0n) is 16.7. The van der Waals surface area contributed by atoms with Gasteiger partial charge in [0.05, 0.1) is 18.7 Å². The summed E-state index contributed by atoms with van der Waals surface area (Å²) in [5.74, 6) is -0.168. The predicted molar refractivity (Wildman–Crippen MR) is 119 cm³/mol. The van der Waals surface area contributed by atoms with Crippen LogP contribution in [0.1, 0.15) is 48.0 Å². The number of nitrogens with two attached hydrogens (primary N) is 1. The number of likely N-dealkylation sites (tertiary alicyclic amines) is 1. The number of aromatic nitrogens is 2. The molecule has 0 atom stereocenters. The van der Waals surface area contributed by atoms with Gasteiger partial charge in [0.2, 0.25) is 0 Å². The monoisotopic (exact) mass is 471 g/mol. The third kappa shape index (κ3) is 7.29. The summed E-state index contributed by atoms with van der Waals surface area (Å²) < 4.78 is 6.81. The molecule has 3 N–H and O–H groups in total. The van der Waals surface area contributed by atoms with Crippen LogP contribution in [0.5, 0.6) is 0 Å². The Hall–Kier alpha value is -1.06. The van der Waals surface area contributed by atoms with E-state index in [0.29, 0.717) is 5.82 Å². The maximum atomic E-state index is 11.8. The molecule has 2 aliphatic heterocycles. The van der Waals surface area contributed by atoms with E-state index in [9.17, 15) is 9.59 Å². The second-order valence-corrected chi connectivity index (χ2v) is 7.20. The number of halogens is 3. The molecule has 11 heteroatoms. The van der Waals surface area contributed by atoms with Gasteiger partial charge < -0.3 is 25.3 Å². The smallest absolute Gasteiger partial charge is 0.308 e. The highest BCUT2D eigenvalue weighted by Crippen LogP contribution is 2.22. The van der Waals surface area contributed by atoms with Crippen molar-refractivity contribution in [1.82, 2.24) is 19.8 Å². The number of carbonyl (C=O) groups is 2. The molecule has 8 nitrogen and oxygen atoms in total. The summed E-state index contributed by atoms with van der Waals surface area (Å²) in [6.45, 7) is 4.54. The first-order valence-electron chi connectivity index (χ1n) is 9.47. The summed E-state index contributed by atoms with van der Waals surface area (Å²) in [7, 11) is 1.45. The van der Waals surface area contributed by atoms with E-state index in [1.165, 1.54) is 7.11 Å². The molecule has 29 heavy (non-hydrogen) atoms. The van der Waals surface area contributed by atoms with Crippen LogP contribution in [0.3, 0.4) is 0 Å². The maximum Gasteiger partial charge on any atom is 0.308 e. The highest BCUT2D eigenvalue weighted by Gasteiger charge is 2.26. The minimum absolute atomic E-state index is 0. The Morgan fingerprint density at radius 3 is 2.34 bits per heavy atom. The van der Waals surface area contributed by atoms with Crippen LogP contribution >= 0.6 is 37.2 Å². The fraction of sp³-hybridized carbons (Fsp3) is 0.722. The summed E-state index contributed by atoms with van der Waals surface area (Å²) in [6.07, 6.45) is 6.41. The van der Waals surface area contributed by atoms with Gasteiger partial charge in [-0.15, -0.1) is 37.2 Å². The van der Waals surface area contributed by atoms with E-state index >= 15 is 0 Å². The Morgan fingerprint density at radius 1 is 1.17 bits per heavy atom. The maximum absolute atomic E-state index is 11.8. The number of rotatable bonds is 6. The summed E-state index contributed by atoms with van der Waals surface area (Å²) in [5.41, 5.74) is 6.45. The second kappa shape index (κ2) is 13.3. The standard InChI is InChI=1S/C18H29N5O3.3ClH/c1-26-18(25)13-4-9-22(10-5-13)11-6-14-12-23(17(21-14)16(19)24)15-2-7-20-8-3-15;;;/h12-13,15,20H,2-11H2,1H3,(H2,19,24);3*1H. The van der Waals surface area contributed by atoms with Gasteiger partial charge in [-0.2, -0.15) is 0 Å². The number of imidazole rings is 1. The zero-order valence-corrected chi connectivity index (χ0v) is 19.1. The molecule has 0 spiro atoms. The number of primary amides is 1. The van der Waals surface area contributed by atoms with Gasteiger partial charge in [-0.05, 0) is 51.9 Å². The van der Waals surface area contributed by atoms with Crippen molar-refractivity contribution in [3.8, 4) is 0 Å². The van der Waals surface area contributed by atoms with Crippen molar-refractivity contribution in [2.24, 2.45) is 11.7 Å². The molecule has 3 rings (SSSR count). The van der Waals surface area contributed by atoms with Crippen molar-refractivity contribution in [2.75, 3.05) is 39.8 Å². The summed E-state index contributed by atoms with van der Waals surface area (Å²) in [5, 5.41) is 3.33. The van der Waals surface area contributed by atoms with E-state index < -0.39 is 5.91 Å². The average molecular weight is 473 g/mol. The minimum atomic E-state index is -0.464. The third-order valence-electron chi connectivity index (χ3n) is 5.51. The van der Waals surface area contributed by atoms with Crippen LogP contribution in [0.15, 0.2) is 6.20 Å². The molecule has 0 radical (unpaired) electrons. The van der Waals surface area contributed by atoms with Crippen LogP contribution in [0.2, 0.25) is 0 Å². The number of ether oxygens (including phenoxy) is 1. The molecule has 2 fully saturated rings. The molecule has 168 valence electrons. The van der Waals surface area contributed by atoms with Crippen LogP contribution in [-0.2, 0) is 16.0 Å². The molecule has 1 aromatic heterocycles. The first-order chi connectivity index (χ1) is 12.6. The number of hydrogen-bond acceptors (Lipinski definition) is 6. The highest BCUT2D eigenvalue weighted by atomic mass is 35.5. The Bertz CT molecular complexity index is 645. The topological polar surface area (TPSA) is 102 Å². The molecular weight excluding hydrogens is 441 g/mol. The lowest BCUT2D eigenvalue weighted by molar-refractivity contribution is -0.147. The Morgan fingerprint density at radius 2 is 1.79 bits per heavy atom. The van der Waals surface area contributed by atoms with Gasteiger partial charge in [0.1, 0.15) is 0 Å². The van der Waals surface area contributed by atoms with Gasteiger partial charge in [0.25, 0.3) is 5.91 Å². The highest BCUT2D eigenvalue weighted by molar-refractivity contribution is 5.89. The molecule has 0 unspecified atom stereocenters. The number of nitrogens with one attached hydrogen (secondary N) is 1. The van der Waals surface area contributed by atoms with E-state index in [4.69, 9.17) is 10.5 Å². The van der Waals surface area contributed by atoms with E-state index in [2.05, 4.69) is 15.2 Å². The lowest BCUT2D eigenvalue weighted by atomic mass is 9.97. The summed E-state index contributed by atoms with van der Waals surface area (Å²) in [6, 6.07) is 0.288. The van der Waals surface area contributed by atoms with Gasteiger partial charge in [0, 0.05) is 25.2 Å². The first-order valence-corrected chi connectivity index (χ1v) is 9.47. The van der Waals surface area contributed by atoms with Crippen molar-refractivity contribution in [3.05, 3.63) is 17.7 Å². The number of piperidine rings is 2. The van der Waals surface area contributed by atoms with Gasteiger partial charge in [0.15, 0.2) is 5.82 Å². The number of methoxy groups -OCH3 is 1. The number of hydrogen-bond donors (Lipinski definition) is 2. The third-order valence-corrected chi connectivity index (χ3v) is 5.51. The Kier molecular flexibility index (Phi) is 12.8. The van der Waals surface area contributed by atoms with Crippen molar-refractivity contribution in [2.45, 2.75) is 38.1 Å². The van der Waals surface area contributed by atoms with Gasteiger partial charge in [-0.3, -0.25) is 9.59 Å². The number of carbonyl (C=O) groups excluding carboxylic acids is 2. The van der Waals surface area contributed by atoms with Crippen LogP contribution < -0.4 is 11.1 Å². The summed E-state index contributed by atoms with van der Waals surface area (Å²) in [4.78, 5) is 30.2. The van der Waals surface area contributed by atoms with E-state index in [1.807, 2.05) is 10.8 Å². The molecule has 1 amide bonds. The van der Waals surface area contributed by atoms with E-state index in [-0.39, 0.29) is 55.2 Å². The van der Waals surface area contributed by atoms with Crippen LogP contribution in [0, 0.1) is 5.92 Å². The largest absolute Gasteiger partial charge is 0.469 e. The number of esters is 1. The lowest BCUT2D eigenvalue weighted by Crippen LogP contribution is -2.37. The van der Waals surface area contributed by atoms with Crippen LogP contribution in [0.25, 0.3) is 0 Å². The molecule has 0 bridgehead atoms. The number of nitrogens with zero attached hydrogens (tertiary/aromatic N) is 3. The molecule has 0 saturated carbocycles. The van der Waals surface area contributed by atoms with Crippen LogP contribution in [-0.4, -0.2) is 66.2 Å². The fourth-order valence-electron chi connectivity index (χ4n) is 3.94. The van der Waals surface area contributed by atoms with Crippen molar-refractivity contribution >= 4 is 49.1 Å². The summed E-state index contributed by atoms with van der Waals surface area (Å²) >= 11 is 0. The average Bonchev–Trinajstić information content (AvgIpc) is 3.11. The SMILES string of the molecule is COC(=O)C1CCN(CCc2cn(C3CCNCC3)c(C(N)=O)n2)CC1.Cl.Cl.Cl. The fourth-order valence-corrected chi connectivity index (χ4v) is 3.94. The van der Waals surface area contributed by atoms with Crippen molar-refractivity contribution in [3.63, 3.8) is 0 Å². The molecule has 0 aliphatic carbocycles. The molecule has 2 saturated heterocycles. The van der Waals surface area contributed by atoms with E-state index in [1.54, 1.807) is 0 Å². The normalized spacial score (nSPS) is 18.1. The lowest BCUT2D eigenvalue weighted by Gasteiger charge is -2.30. The van der Waals surface area contributed by atoms with Crippen molar-refractivity contribution in [1.29, 1.82) is 0 Å². The Balaban J connectivity index is 0.00000261. The zero-order chi connectivity index (χ0) is 18.5. The second-order valence-electron chi connectivity index (χ2n) is 7.20. The van der Waals surface area contributed by atoms with Gasteiger partial charge >= 0.3 is 5.97 Å². The van der Waals surface area contributed by atoms with Crippen LogP contribution in [0.4, 0.5) is 0 Å². The van der Waals surface area contributed by atoms with Gasteiger partial charge in [-0.25, -0.2) is 4.98 Å². The first kappa shape index (κ1) is 27.9. The Labute approximate surface area is 190 Å². The number of amides is 1. The molecule has 0 aromatic carbocycles. The quantitative estimate of drug-likeness (QED) is 0.610. The molecule has 2 aliphatic rings. The van der Waals surface area contributed by atoms with Gasteiger partial charge in [-0.1, -0.05) is 0 Å².